The van der Waals surface area contributed by atoms with E-state index in [-0.39, 0.29) is 11.5 Å². The summed E-state index contributed by atoms with van der Waals surface area (Å²) >= 11 is 1.17. The number of rotatable bonds is 5. The third-order valence-electron chi connectivity index (χ3n) is 2.94. The van der Waals surface area contributed by atoms with E-state index in [4.69, 9.17) is 0 Å². The SMILES string of the molecule is COC(=O)c1nc(N(C)Cc2nccn2C)sc1C(C)=O. The van der Waals surface area contributed by atoms with Gasteiger partial charge in [0, 0.05) is 33.4 Å². The van der Waals surface area contributed by atoms with Crippen molar-refractivity contribution in [2.75, 3.05) is 19.1 Å². The lowest BCUT2D eigenvalue weighted by Crippen LogP contribution is -2.19. The Morgan fingerprint density at radius 3 is 2.71 bits per heavy atom. The fourth-order valence-corrected chi connectivity index (χ4v) is 2.68. The number of hydrogen-bond acceptors (Lipinski definition) is 7. The third kappa shape index (κ3) is 3.10. The van der Waals surface area contributed by atoms with Gasteiger partial charge >= 0.3 is 5.97 Å². The summed E-state index contributed by atoms with van der Waals surface area (Å²) in [5, 5.41) is 0.573. The Hall–Kier alpha value is -2.22. The Morgan fingerprint density at radius 1 is 1.48 bits per heavy atom. The van der Waals surface area contributed by atoms with Crippen molar-refractivity contribution >= 4 is 28.2 Å². The van der Waals surface area contributed by atoms with Crippen LogP contribution in [0.25, 0.3) is 0 Å². The molecular weight excluding hydrogens is 292 g/mol. The first-order valence-electron chi connectivity index (χ1n) is 6.21. The van der Waals surface area contributed by atoms with Gasteiger partial charge in [-0.2, -0.15) is 0 Å². The Bertz CT molecular complexity index is 677. The number of hydrogen-bond donors (Lipinski definition) is 0. The molecule has 2 heterocycles. The number of nitrogens with zero attached hydrogens (tertiary/aromatic N) is 4. The first-order chi connectivity index (χ1) is 9.93. The molecule has 0 fully saturated rings. The van der Waals surface area contributed by atoms with Gasteiger partial charge in [-0.1, -0.05) is 11.3 Å². The number of aromatic nitrogens is 3. The standard InChI is InChI=1S/C13H16N4O3S/c1-8(18)11-10(12(19)20-4)15-13(21-11)17(3)7-9-14-5-6-16(9)2/h5-6H,7H2,1-4H3. The molecule has 0 aliphatic carbocycles. The molecule has 2 rings (SSSR count). The van der Waals surface area contributed by atoms with Gasteiger partial charge in [0.2, 0.25) is 0 Å². The number of Topliss-reactive ketones (excluding diaryl/α,β-unsaturated/α-hetero) is 1. The minimum atomic E-state index is -0.604. The monoisotopic (exact) mass is 308 g/mol. The molecule has 0 bridgehead atoms. The fourth-order valence-electron chi connectivity index (χ4n) is 1.77. The number of methoxy groups -OCH3 is 1. The van der Waals surface area contributed by atoms with E-state index in [2.05, 4.69) is 14.7 Å². The maximum Gasteiger partial charge on any atom is 0.358 e. The van der Waals surface area contributed by atoms with Crippen molar-refractivity contribution in [3.8, 4) is 0 Å². The van der Waals surface area contributed by atoms with E-state index in [1.807, 2.05) is 29.8 Å². The highest BCUT2D eigenvalue weighted by molar-refractivity contribution is 7.17. The van der Waals surface area contributed by atoms with Crippen LogP contribution in [-0.2, 0) is 18.3 Å². The van der Waals surface area contributed by atoms with E-state index in [1.165, 1.54) is 25.4 Å². The summed E-state index contributed by atoms with van der Waals surface area (Å²) in [4.78, 5) is 33.9. The molecule has 21 heavy (non-hydrogen) atoms. The summed E-state index contributed by atoms with van der Waals surface area (Å²) in [6.45, 7) is 1.93. The number of anilines is 1. The molecule has 7 nitrogen and oxygen atoms in total. The second-order valence-corrected chi connectivity index (χ2v) is 5.51. The molecule has 0 N–H and O–H groups in total. The van der Waals surface area contributed by atoms with Gasteiger partial charge in [0.1, 0.15) is 10.7 Å². The number of carbonyl (C=O) groups excluding carboxylic acids is 2. The topological polar surface area (TPSA) is 77.3 Å². The van der Waals surface area contributed by atoms with Crippen molar-refractivity contribution in [3.05, 3.63) is 28.8 Å². The smallest absolute Gasteiger partial charge is 0.358 e. The molecule has 0 saturated heterocycles. The van der Waals surface area contributed by atoms with Crippen molar-refractivity contribution in [1.82, 2.24) is 14.5 Å². The van der Waals surface area contributed by atoms with E-state index in [0.717, 1.165) is 5.82 Å². The first-order valence-corrected chi connectivity index (χ1v) is 7.03. The summed E-state index contributed by atoms with van der Waals surface area (Å²) in [7, 11) is 5.00. The van der Waals surface area contributed by atoms with Gasteiger partial charge in [-0.3, -0.25) is 4.79 Å². The largest absolute Gasteiger partial charge is 0.464 e. The first kappa shape index (κ1) is 15.2. The predicted octanol–water partition coefficient (Wildman–Crippen LogP) is 1.50. The van der Waals surface area contributed by atoms with Gasteiger partial charge in [0.15, 0.2) is 16.6 Å². The van der Waals surface area contributed by atoms with Crippen LogP contribution in [0.5, 0.6) is 0 Å². The Kier molecular flexibility index (Phi) is 4.37. The van der Waals surface area contributed by atoms with Crippen LogP contribution in [0, 0.1) is 0 Å². The molecule has 2 aromatic heterocycles. The lowest BCUT2D eigenvalue weighted by Gasteiger charge is -2.14. The van der Waals surface area contributed by atoms with Crippen LogP contribution < -0.4 is 4.90 Å². The molecule has 0 aromatic carbocycles. The summed E-state index contributed by atoms with van der Waals surface area (Å²) < 4.78 is 6.56. The van der Waals surface area contributed by atoms with Crippen LogP contribution in [0.15, 0.2) is 12.4 Å². The number of esters is 1. The number of ether oxygens (including phenoxy) is 1. The number of aryl methyl sites for hydroxylation is 1. The van der Waals surface area contributed by atoms with Gasteiger partial charge in [0.25, 0.3) is 0 Å². The van der Waals surface area contributed by atoms with Crippen LogP contribution in [-0.4, -0.2) is 40.4 Å². The number of imidazole rings is 1. The Balaban J connectivity index is 2.29. The van der Waals surface area contributed by atoms with E-state index >= 15 is 0 Å². The normalized spacial score (nSPS) is 10.5. The molecule has 0 saturated carbocycles. The fraction of sp³-hybridized carbons (Fsp3) is 0.385. The summed E-state index contributed by atoms with van der Waals surface area (Å²) in [6.07, 6.45) is 3.57. The third-order valence-corrected chi connectivity index (χ3v) is 4.21. The molecule has 0 unspecified atom stereocenters. The highest BCUT2D eigenvalue weighted by Gasteiger charge is 2.23. The van der Waals surface area contributed by atoms with Crippen LogP contribution in [0.2, 0.25) is 0 Å². The molecule has 0 atom stereocenters. The molecule has 0 amide bonds. The highest BCUT2D eigenvalue weighted by Crippen LogP contribution is 2.27. The van der Waals surface area contributed by atoms with Crippen molar-refractivity contribution in [2.24, 2.45) is 7.05 Å². The number of ketones is 1. The van der Waals surface area contributed by atoms with Crippen LogP contribution >= 0.6 is 11.3 Å². The lowest BCUT2D eigenvalue weighted by atomic mass is 10.3. The van der Waals surface area contributed by atoms with Crippen LogP contribution in [0.3, 0.4) is 0 Å². The average Bonchev–Trinajstić information content (AvgIpc) is 3.05. The lowest BCUT2D eigenvalue weighted by molar-refractivity contribution is 0.0591. The summed E-state index contributed by atoms with van der Waals surface area (Å²) in [5.41, 5.74) is 0.0664. The molecule has 0 radical (unpaired) electrons. The van der Waals surface area contributed by atoms with Crippen molar-refractivity contribution < 1.29 is 14.3 Å². The van der Waals surface area contributed by atoms with Crippen molar-refractivity contribution in [2.45, 2.75) is 13.5 Å². The minimum absolute atomic E-state index is 0.0664. The van der Waals surface area contributed by atoms with Gasteiger partial charge in [-0.15, -0.1) is 0 Å². The summed E-state index contributed by atoms with van der Waals surface area (Å²) in [6, 6.07) is 0. The van der Waals surface area contributed by atoms with Gasteiger partial charge < -0.3 is 14.2 Å². The zero-order chi connectivity index (χ0) is 15.6. The predicted molar refractivity (Wildman–Crippen MR) is 78.8 cm³/mol. The Labute approximate surface area is 126 Å². The minimum Gasteiger partial charge on any atom is -0.464 e. The van der Waals surface area contributed by atoms with Gasteiger partial charge in [-0.25, -0.2) is 14.8 Å². The number of carbonyl (C=O) groups is 2. The molecular formula is C13H16N4O3S. The highest BCUT2D eigenvalue weighted by atomic mass is 32.1. The molecule has 0 spiro atoms. The van der Waals surface area contributed by atoms with Crippen molar-refractivity contribution in [3.63, 3.8) is 0 Å². The number of thiazole rings is 1. The van der Waals surface area contributed by atoms with Crippen LogP contribution in [0.1, 0.15) is 32.9 Å². The van der Waals surface area contributed by atoms with Gasteiger partial charge in [-0.05, 0) is 0 Å². The maximum atomic E-state index is 11.7. The van der Waals surface area contributed by atoms with Gasteiger partial charge in [0.05, 0.1) is 13.7 Å². The Morgan fingerprint density at radius 2 is 2.19 bits per heavy atom. The zero-order valence-electron chi connectivity index (χ0n) is 12.3. The van der Waals surface area contributed by atoms with E-state index in [0.29, 0.717) is 16.6 Å². The van der Waals surface area contributed by atoms with E-state index in [1.54, 1.807) is 6.20 Å². The average molecular weight is 308 g/mol. The molecule has 0 aliphatic rings. The molecule has 112 valence electrons. The maximum absolute atomic E-state index is 11.7. The summed E-state index contributed by atoms with van der Waals surface area (Å²) in [5.74, 6) is 0.0503. The quantitative estimate of drug-likeness (QED) is 0.615. The molecule has 0 aliphatic heterocycles. The van der Waals surface area contributed by atoms with E-state index < -0.39 is 5.97 Å². The molecule has 2 aromatic rings. The second-order valence-electron chi connectivity index (χ2n) is 4.53. The molecule has 8 heteroatoms. The van der Waals surface area contributed by atoms with E-state index in [9.17, 15) is 9.59 Å². The zero-order valence-corrected chi connectivity index (χ0v) is 13.1. The van der Waals surface area contributed by atoms with Crippen LogP contribution in [0.4, 0.5) is 5.13 Å². The van der Waals surface area contributed by atoms with Crippen molar-refractivity contribution in [1.29, 1.82) is 0 Å². The second kappa shape index (κ2) is 6.04.